The molecule has 1 aliphatic heterocycles. The Bertz CT molecular complexity index is 533. The van der Waals surface area contributed by atoms with Gasteiger partial charge in [-0.2, -0.15) is 0 Å². The number of sulfonamides is 1. The van der Waals surface area contributed by atoms with Crippen molar-refractivity contribution in [2.24, 2.45) is 0 Å². The Morgan fingerprint density at radius 1 is 1.38 bits per heavy atom. The molecule has 6 heteroatoms. The van der Waals surface area contributed by atoms with E-state index in [-0.39, 0.29) is 17.9 Å². The van der Waals surface area contributed by atoms with E-state index < -0.39 is 10.0 Å². The highest BCUT2D eigenvalue weighted by Gasteiger charge is 2.27. The third-order valence-electron chi connectivity index (χ3n) is 3.73. The Hall–Kier alpha value is -0.950. The molecule has 2 rings (SSSR count). The summed E-state index contributed by atoms with van der Waals surface area (Å²) in [5, 5.41) is 0. The van der Waals surface area contributed by atoms with Gasteiger partial charge in [-0.15, -0.1) is 0 Å². The monoisotopic (exact) mass is 312 g/mol. The van der Waals surface area contributed by atoms with E-state index in [4.69, 9.17) is 4.74 Å². The van der Waals surface area contributed by atoms with Gasteiger partial charge in [0.2, 0.25) is 10.0 Å². The van der Waals surface area contributed by atoms with E-state index in [9.17, 15) is 8.42 Å². The Morgan fingerprint density at radius 2 is 2.10 bits per heavy atom. The van der Waals surface area contributed by atoms with Gasteiger partial charge in [0.05, 0.1) is 18.5 Å². The first-order chi connectivity index (χ1) is 10.00. The third kappa shape index (κ3) is 5.07. The lowest BCUT2D eigenvalue weighted by Crippen LogP contribution is -2.52. The highest BCUT2D eigenvalue weighted by Crippen LogP contribution is 2.13. The van der Waals surface area contributed by atoms with E-state index in [1.807, 2.05) is 25.1 Å². The highest BCUT2D eigenvalue weighted by molar-refractivity contribution is 7.89. The molecule has 1 aromatic rings. The second kappa shape index (κ2) is 7.35. The van der Waals surface area contributed by atoms with Crippen LogP contribution in [0.2, 0.25) is 0 Å². The summed E-state index contributed by atoms with van der Waals surface area (Å²) in [7, 11) is -3.19. The van der Waals surface area contributed by atoms with Crippen LogP contribution in [-0.4, -0.2) is 50.9 Å². The van der Waals surface area contributed by atoms with Gasteiger partial charge in [0.15, 0.2) is 0 Å². The van der Waals surface area contributed by atoms with Crippen molar-refractivity contribution < 1.29 is 13.2 Å². The van der Waals surface area contributed by atoms with Crippen molar-refractivity contribution in [3.05, 3.63) is 35.9 Å². The first-order valence-electron chi connectivity index (χ1n) is 7.38. The molecule has 0 aromatic heterocycles. The van der Waals surface area contributed by atoms with E-state index in [2.05, 4.69) is 21.8 Å². The summed E-state index contributed by atoms with van der Waals surface area (Å²) in [6, 6.07) is 10.1. The van der Waals surface area contributed by atoms with Gasteiger partial charge in [-0.1, -0.05) is 30.3 Å². The van der Waals surface area contributed by atoms with Crippen LogP contribution in [0.25, 0.3) is 0 Å². The van der Waals surface area contributed by atoms with Crippen molar-refractivity contribution in [2.75, 3.05) is 25.4 Å². The topological polar surface area (TPSA) is 58.6 Å². The quantitative estimate of drug-likeness (QED) is 0.858. The van der Waals surface area contributed by atoms with E-state index >= 15 is 0 Å². The number of morpholine rings is 1. The first-order valence-corrected chi connectivity index (χ1v) is 9.03. The summed E-state index contributed by atoms with van der Waals surface area (Å²) < 4.78 is 31.7. The fourth-order valence-corrected chi connectivity index (χ4v) is 3.35. The average Bonchev–Trinajstić information content (AvgIpc) is 2.48. The molecular formula is C15H24N2O3S. The van der Waals surface area contributed by atoms with Crippen LogP contribution in [0.15, 0.2) is 30.3 Å². The fraction of sp³-hybridized carbons (Fsp3) is 0.600. The Labute approximate surface area is 127 Å². The van der Waals surface area contributed by atoms with Crippen LogP contribution in [0.4, 0.5) is 0 Å². The standard InChI is InChI=1S/C15H24N2O3S/c1-3-21(18,19)16-13(2)15-12-17(9-10-20-15)11-14-7-5-4-6-8-14/h4-8,13,15-16H,3,9-12H2,1-2H3/t13-,15-/m1/s1. The second-order valence-electron chi connectivity index (χ2n) is 5.44. The molecule has 1 saturated heterocycles. The predicted molar refractivity (Wildman–Crippen MR) is 83.5 cm³/mol. The van der Waals surface area contributed by atoms with E-state index in [1.54, 1.807) is 6.92 Å². The van der Waals surface area contributed by atoms with Crippen LogP contribution in [0.5, 0.6) is 0 Å². The van der Waals surface area contributed by atoms with Crippen molar-refractivity contribution in [2.45, 2.75) is 32.5 Å². The van der Waals surface area contributed by atoms with Crippen molar-refractivity contribution in [1.82, 2.24) is 9.62 Å². The predicted octanol–water partition coefficient (Wildman–Crippen LogP) is 1.22. The number of nitrogens with one attached hydrogen (secondary N) is 1. The average molecular weight is 312 g/mol. The molecule has 21 heavy (non-hydrogen) atoms. The first kappa shape index (κ1) is 16.4. The molecule has 1 aliphatic rings. The lowest BCUT2D eigenvalue weighted by molar-refractivity contribution is -0.0427. The highest BCUT2D eigenvalue weighted by atomic mass is 32.2. The molecule has 1 N–H and O–H groups in total. The van der Waals surface area contributed by atoms with Crippen LogP contribution in [0.3, 0.4) is 0 Å². The van der Waals surface area contributed by atoms with E-state index in [0.29, 0.717) is 6.61 Å². The number of hydrogen-bond donors (Lipinski definition) is 1. The van der Waals surface area contributed by atoms with Gasteiger partial charge in [0, 0.05) is 25.7 Å². The lowest BCUT2D eigenvalue weighted by Gasteiger charge is -2.36. The summed E-state index contributed by atoms with van der Waals surface area (Å²) in [6.07, 6.45) is -0.108. The maximum absolute atomic E-state index is 11.6. The summed E-state index contributed by atoms with van der Waals surface area (Å²) in [6.45, 7) is 6.62. The minimum Gasteiger partial charge on any atom is -0.374 e. The summed E-state index contributed by atoms with van der Waals surface area (Å²) >= 11 is 0. The molecule has 0 radical (unpaired) electrons. The fourth-order valence-electron chi connectivity index (χ4n) is 2.46. The molecule has 1 fully saturated rings. The second-order valence-corrected chi connectivity index (χ2v) is 7.48. The number of ether oxygens (including phenoxy) is 1. The number of hydrogen-bond acceptors (Lipinski definition) is 4. The van der Waals surface area contributed by atoms with Crippen LogP contribution in [-0.2, 0) is 21.3 Å². The molecule has 118 valence electrons. The molecule has 2 atom stereocenters. The van der Waals surface area contributed by atoms with Gasteiger partial charge in [-0.25, -0.2) is 13.1 Å². The Kier molecular flexibility index (Phi) is 5.75. The molecule has 1 heterocycles. The molecule has 1 aromatic carbocycles. The van der Waals surface area contributed by atoms with Crippen molar-refractivity contribution in [1.29, 1.82) is 0 Å². The molecule has 0 bridgehead atoms. The van der Waals surface area contributed by atoms with Crippen molar-refractivity contribution in [3.8, 4) is 0 Å². The molecule has 5 nitrogen and oxygen atoms in total. The summed E-state index contributed by atoms with van der Waals surface area (Å²) in [5.41, 5.74) is 1.26. The largest absolute Gasteiger partial charge is 0.374 e. The molecular weight excluding hydrogens is 288 g/mol. The van der Waals surface area contributed by atoms with Crippen molar-refractivity contribution in [3.63, 3.8) is 0 Å². The van der Waals surface area contributed by atoms with Crippen LogP contribution < -0.4 is 4.72 Å². The minimum atomic E-state index is -3.19. The minimum absolute atomic E-state index is 0.0950. The lowest BCUT2D eigenvalue weighted by atomic mass is 10.1. The van der Waals surface area contributed by atoms with Gasteiger partial charge >= 0.3 is 0 Å². The molecule has 0 spiro atoms. The zero-order valence-electron chi connectivity index (χ0n) is 12.7. The number of nitrogens with zero attached hydrogens (tertiary/aromatic N) is 1. The van der Waals surface area contributed by atoms with Gasteiger partial charge in [0.1, 0.15) is 0 Å². The zero-order valence-corrected chi connectivity index (χ0v) is 13.5. The van der Waals surface area contributed by atoms with Gasteiger partial charge in [-0.05, 0) is 19.4 Å². The van der Waals surface area contributed by atoms with Gasteiger partial charge < -0.3 is 4.74 Å². The normalized spacial score (nSPS) is 22.1. The van der Waals surface area contributed by atoms with Gasteiger partial charge in [0.25, 0.3) is 0 Å². The Balaban J connectivity index is 1.91. The summed E-state index contributed by atoms with van der Waals surface area (Å²) in [4.78, 5) is 2.31. The Morgan fingerprint density at radius 3 is 2.76 bits per heavy atom. The summed E-state index contributed by atoms with van der Waals surface area (Å²) in [5.74, 6) is 0.0950. The number of benzene rings is 1. The van der Waals surface area contributed by atoms with E-state index in [1.165, 1.54) is 5.56 Å². The smallest absolute Gasteiger partial charge is 0.211 e. The molecule has 0 aliphatic carbocycles. The maximum atomic E-state index is 11.6. The maximum Gasteiger partial charge on any atom is 0.211 e. The van der Waals surface area contributed by atoms with Crippen LogP contribution >= 0.6 is 0 Å². The van der Waals surface area contributed by atoms with Crippen molar-refractivity contribution >= 4 is 10.0 Å². The van der Waals surface area contributed by atoms with Gasteiger partial charge in [-0.3, -0.25) is 4.90 Å². The SMILES string of the molecule is CCS(=O)(=O)N[C@H](C)[C@H]1CN(Cc2ccccc2)CCO1. The molecule has 0 amide bonds. The zero-order chi connectivity index (χ0) is 15.3. The molecule has 0 unspecified atom stereocenters. The van der Waals surface area contributed by atoms with E-state index in [0.717, 1.165) is 19.6 Å². The molecule has 0 saturated carbocycles. The number of rotatable bonds is 6. The van der Waals surface area contributed by atoms with Crippen LogP contribution in [0, 0.1) is 0 Å². The van der Waals surface area contributed by atoms with Crippen LogP contribution in [0.1, 0.15) is 19.4 Å². The third-order valence-corrected chi connectivity index (χ3v) is 5.22.